The van der Waals surface area contributed by atoms with Gasteiger partial charge in [-0.05, 0) is 54.7 Å². The molecule has 1 fully saturated rings. The van der Waals surface area contributed by atoms with Gasteiger partial charge in [0.15, 0.2) is 0 Å². The predicted octanol–water partition coefficient (Wildman–Crippen LogP) is 2.19. The van der Waals surface area contributed by atoms with Crippen molar-refractivity contribution >= 4 is 42.5 Å². The summed E-state index contributed by atoms with van der Waals surface area (Å²) in [7, 11) is 0. The third-order valence-electron chi connectivity index (χ3n) is 5.08. The van der Waals surface area contributed by atoms with Gasteiger partial charge in [-0.1, -0.05) is 0 Å². The fourth-order valence-electron chi connectivity index (χ4n) is 3.37. The minimum absolute atomic E-state index is 0. The molecule has 0 bridgehead atoms. The lowest BCUT2D eigenvalue weighted by atomic mass is 10.0. The Kier molecular flexibility index (Phi) is 7.35. The number of aromatic nitrogens is 1. The summed E-state index contributed by atoms with van der Waals surface area (Å²) < 4.78 is 0. The van der Waals surface area contributed by atoms with E-state index in [0.29, 0.717) is 23.6 Å². The molecule has 1 atom stereocenters. The molecule has 1 saturated carbocycles. The van der Waals surface area contributed by atoms with Crippen molar-refractivity contribution in [1.29, 1.82) is 0 Å². The first-order valence-corrected chi connectivity index (χ1v) is 8.98. The Labute approximate surface area is 180 Å². The van der Waals surface area contributed by atoms with Crippen LogP contribution in [0.3, 0.4) is 0 Å². The van der Waals surface area contributed by atoms with E-state index in [2.05, 4.69) is 10.3 Å². The number of benzene rings is 1. The van der Waals surface area contributed by atoms with Crippen molar-refractivity contribution in [2.24, 2.45) is 11.7 Å². The number of amides is 3. The Morgan fingerprint density at radius 1 is 1.10 bits per heavy atom. The number of nitrogens with one attached hydrogen (secondary N) is 1. The molecule has 3 N–H and O–H groups in total. The molecule has 1 aromatic carbocycles. The van der Waals surface area contributed by atoms with E-state index >= 15 is 0 Å². The average molecular weight is 437 g/mol. The minimum Gasteiger partial charge on any atom is -0.348 e. The lowest BCUT2D eigenvalue weighted by molar-refractivity contribution is 0.0642. The SMILES string of the molecule is Cl.Cl.NCC(NC(=O)c1ccc2c(c1)C(=O)N(Cc1ccncc1)C2=O)C1CC1. The quantitative estimate of drug-likeness (QED) is 0.675. The van der Waals surface area contributed by atoms with Crippen LogP contribution in [0.5, 0.6) is 0 Å². The molecule has 2 heterocycles. The zero-order valence-corrected chi connectivity index (χ0v) is 17.2. The Hall–Kier alpha value is -2.48. The number of nitrogens with zero attached hydrogens (tertiary/aromatic N) is 2. The van der Waals surface area contributed by atoms with Gasteiger partial charge in [-0.15, -0.1) is 24.8 Å². The van der Waals surface area contributed by atoms with Gasteiger partial charge >= 0.3 is 0 Å². The van der Waals surface area contributed by atoms with Crippen LogP contribution in [0.2, 0.25) is 0 Å². The second-order valence-corrected chi connectivity index (χ2v) is 6.97. The number of nitrogens with two attached hydrogens (primary N) is 1. The van der Waals surface area contributed by atoms with Gasteiger partial charge in [0.05, 0.1) is 17.7 Å². The maximum absolute atomic E-state index is 12.7. The van der Waals surface area contributed by atoms with Crippen LogP contribution in [0, 0.1) is 5.92 Å². The van der Waals surface area contributed by atoms with Crippen molar-refractivity contribution in [2.45, 2.75) is 25.4 Å². The normalized spacial score (nSPS) is 15.8. The van der Waals surface area contributed by atoms with E-state index in [4.69, 9.17) is 5.73 Å². The molecule has 3 amide bonds. The van der Waals surface area contributed by atoms with Crippen LogP contribution in [0.1, 0.15) is 49.5 Å². The number of pyridine rings is 1. The van der Waals surface area contributed by atoms with Crippen LogP contribution >= 0.6 is 24.8 Å². The summed E-state index contributed by atoms with van der Waals surface area (Å²) in [5.41, 5.74) is 7.49. The summed E-state index contributed by atoms with van der Waals surface area (Å²) in [4.78, 5) is 43.0. The minimum atomic E-state index is -0.390. The number of carbonyl (C=O) groups is 3. The van der Waals surface area contributed by atoms with Gasteiger partial charge in [0, 0.05) is 30.5 Å². The highest BCUT2D eigenvalue weighted by Crippen LogP contribution is 2.32. The first-order valence-electron chi connectivity index (χ1n) is 8.98. The molecule has 2 aromatic rings. The van der Waals surface area contributed by atoms with Crippen molar-refractivity contribution in [3.05, 3.63) is 65.0 Å². The van der Waals surface area contributed by atoms with E-state index in [1.807, 2.05) is 0 Å². The van der Waals surface area contributed by atoms with E-state index in [9.17, 15) is 14.4 Å². The van der Waals surface area contributed by atoms with Crippen LogP contribution in [-0.4, -0.2) is 40.2 Å². The first-order chi connectivity index (χ1) is 13.1. The average Bonchev–Trinajstić information content (AvgIpc) is 3.51. The number of hydrogen-bond donors (Lipinski definition) is 2. The zero-order chi connectivity index (χ0) is 19.0. The summed E-state index contributed by atoms with van der Waals surface area (Å²) in [5.74, 6) is -0.573. The number of hydrogen-bond acceptors (Lipinski definition) is 5. The predicted molar refractivity (Wildman–Crippen MR) is 112 cm³/mol. The van der Waals surface area contributed by atoms with Crippen molar-refractivity contribution < 1.29 is 14.4 Å². The zero-order valence-electron chi connectivity index (χ0n) is 15.5. The summed E-state index contributed by atoms with van der Waals surface area (Å²) in [6.45, 7) is 0.561. The molecule has 7 nitrogen and oxygen atoms in total. The summed E-state index contributed by atoms with van der Waals surface area (Å²) in [6, 6.07) is 8.09. The maximum Gasteiger partial charge on any atom is 0.261 e. The molecule has 0 radical (unpaired) electrons. The van der Waals surface area contributed by atoms with E-state index < -0.39 is 0 Å². The first kappa shape index (κ1) is 22.8. The molecular weight excluding hydrogens is 415 g/mol. The van der Waals surface area contributed by atoms with Gasteiger partial charge < -0.3 is 11.1 Å². The highest BCUT2D eigenvalue weighted by Gasteiger charge is 2.36. The second-order valence-electron chi connectivity index (χ2n) is 6.97. The molecule has 1 aromatic heterocycles. The molecule has 1 unspecified atom stereocenters. The molecule has 0 saturated heterocycles. The van der Waals surface area contributed by atoms with Crippen molar-refractivity contribution in [1.82, 2.24) is 15.2 Å². The molecule has 1 aliphatic carbocycles. The van der Waals surface area contributed by atoms with Crippen LogP contribution in [0.15, 0.2) is 42.7 Å². The van der Waals surface area contributed by atoms with Crippen LogP contribution < -0.4 is 11.1 Å². The number of fused-ring (bicyclic) bond motifs is 1. The third kappa shape index (κ3) is 4.58. The summed E-state index contributed by atoms with van der Waals surface area (Å²) in [5, 5.41) is 2.93. The van der Waals surface area contributed by atoms with Gasteiger partial charge in [-0.25, -0.2) is 0 Å². The van der Waals surface area contributed by atoms with E-state index in [1.165, 1.54) is 11.0 Å². The fraction of sp³-hybridized carbons (Fsp3) is 0.300. The van der Waals surface area contributed by atoms with Crippen molar-refractivity contribution in [3.8, 4) is 0 Å². The Bertz CT molecular complexity index is 919. The maximum atomic E-state index is 12.7. The van der Waals surface area contributed by atoms with Gasteiger partial charge in [0.2, 0.25) is 0 Å². The Balaban J connectivity index is 0.00000150. The van der Waals surface area contributed by atoms with Crippen LogP contribution in [0.4, 0.5) is 0 Å². The van der Waals surface area contributed by atoms with Gasteiger partial charge in [-0.2, -0.15) is 0 Å². The van der Waals surface area contributed by atoms with Crippen LogP contribution in [-0.2, 0) is 6.54 Å². The van der Waals surface area contributed by atoms with Crippen molar-refractivity contribution in [2.75, 3.05) is 6.54 Å². The van der Waals surface area contributed by atoms with Gasteiger partial charge in [-0.3, -0.25) is 24.3 Å². The molecule has 0 spiro atoms. The molecule has 1 aliphatic heterocycles. The second kappa shape index (κ2) is 9.35. The van der Waals surface area contributed by atoms with Crippen LogP contribution in [0.25, 0.3) is 0 Å². The highest BCUT2D eigenvalue weighted by molar-refractivity contribution is 6.22. The van der Waals surface area contributed by atoms with E-state index in [1.54, 1.807) is 36.7 Å². The highest BCUT2D eigenvalue weighted by atomic mass is 35.5. The summed E-state index contributed by atoms with van der Waals surface area (Å²) >= 11 is 0. The monoisotopic (exact) mass is 436 g/mol. The molecule has 4 rings (SSSR count). The Morgan fingerprint density at radius 2 is 1.76 bits per heavy atom. The topological polar surface area (TPSA) is 105 Å². The smallest absolute Gasteiger partial charge is 0.261 e. The Morgan fingerprint density at radius 3 is 2.38 bits per heavy atom. The largest absolute Gasteiger partial charge is 0.348 e. The number of imide groups is 1. The number of rotatable bonds is 6. The van der Waals surface area contributed by atoms with Crippen molar-refractivity contribution in [3.63, 3.8) is 0 Å². The van der Waals surface area contributed by atoms with E-state index in [0.717, 1.165) is 18.4 Å². The number of halogens is 2. The molecular formula is C20H22Cl2N4O3. The molecule has 154 valence electrons. The molecule has 29 heavy (non-hydrogen) atoms. The van der Waals surface area contributed by atoms with E-state index in [-0.39, 0.29) is 60.7 Å². The number of carbonyl (C=O) groups excluding carboxylic acids is 3. The fourth-order valence-corrected chi connectivity index (χ4v) is 3.37. The lowest BCUT2D eigenvalue weighted by Gasteiger charge is -2.16. The third-order valence-corrected chi connectivity index (χ3v) is 5.08. The summed E-state index contributed by atoms with van der Waals surface area (Å²) in [6.07, 6.45) is 5.37. The van der Waals surface area contributed by atoms with Gasteiger partial charge in [0.25, 0.3) is 17.7 Å². The van der Waals surface area contributed by atoms with Gasteiger partial charge in [0.1, 0.15) is 0 Å². The molecule has 9 heteroatoms. The standard InChI is InChI=1S/C20H20N4O3.2ClH/c21-10-17(13-1-2-13)23-18(25)14-3-4-15-16(9-14)20(27)24(19(15)26)11-12-5-7-22-8-6-12;;/h3-9,13,17H,1-2,10-11,21H2,(H,23,25);2*1H. The lowest BCUT2D eigenvalue weighted by Crippen LogP contribution is -2.41. The molecule has 2 aliphatic rings.